The SMILES string of the molecule is COC(=O)Cc1cccc(Br)c1COc1ccc(C)cc1Cl.COC(=O)Cc1cccc(C)c1COc1ccc(C)cc1Cl.COC(=O)Cc1cccc(Cl)c1COc1ccc(C)cc1Cl.COC(=O)Cc1cccc(F)c1COc1ccc(C)cc1Cl.COC(=O)Cc1cccc(I)c1COc1ccc(C)cc1Cl.COC(=O)Cc1ccccc1COc1ccc(C)cc1Cl. The number of halogens is 10. The van der Waals surface area contributed by atoms with Crippen molar-refractivity contribution in [2.75, 3.05) is 42.7 Å². The molecule has 0 atom stereocenters. The van der Waals surface area contributed by atoms with E-state index >= 15 is 0 Å². The molecule has 12 rings (SSSR count). The Morgan fingerprint density at radius 1 is 0.267 bits per heavy atom. The van der Waals surface area contributed by atoms with Crippen molar-refractivity contribution in [3.63, 3.8) is 0 Å². The third-order valence-corrected chi connectivity index (χ3v) is 23.5. The molecule has 0 aliphatic rings. The number of hydrogen-bond acceptors (Lipinski definition) is 18. The molecule has 12 aromatic rings. The van der Waals surface area contributed by atoms with Crippen molar-refractivity contribution in [3.05, 3.63) is 379 Å². The minimum absolute atomic E-state index is 0.00537. The van der Waals surface area contributed by atoms with E-state index in [1.54, 1.807) is 36.4 Å². The van der Waals surface area contributed by atoms with Crippen LogP contribution in [0.2, 0.25) is 35.2 Å². The smallest absolute Gasteiger partial charge is 0.309 e. The molecular weight excluding hydrogens is 2000 g/mol. The van der Waals surface area contributed by atoms with E-state index in [0.717, 1.165) is 103 Å². The van der Waals surface area contributed by atoms with E-state index in [2.05, 4.69) is 43.3 Å². The van der Waals surface area contributed by atoms with Gasteiger partial charge in [0.1, 0.15) is 80.0 Å². The van der Waals surface area contributed by atoms with Crippen molar-refractivity contribution < 1.29 is 90.0 Å². The molecule has 0 aliphatic heterocycles. The monoisotopic (exact) mass is 2090 g/mol. The molecule has 131 heavy (non-hydrogen) atoms. The van der Waals surface area contributed by atoms with Crippen LogP contribution in [0.4, 0.5) is 4.39 Å². The predicted octanol–water partition coefficient (Wildman–Crippen LogP) is 26.1. The average Bonchev–Trinajstić information content (AvgIpc) is 0.849. The summed E-state index contributed by atoms with van der Waals surface area (Å²) in [7, 11) is 8.19. The lowest BCUT2D eigenvalue weighted by atomic mass is 10.0. The second kappa shape index (κ2) is 55.7. The van der Waals surface area contributed by atoms with Crippen LogP contribution in [0.25, 0.3) is 0 Å². The van der Waals surface area contributed by atoms with Gasteiger partial charge in [0.15, 0.2) is 0 Å². The second-order valence-electron chi connectivity index (χ2n) is 29.3. The van der Waals surface area contributed by atoms with Crippen LogP contribution in [0.5, 0.6) is 34.5 Å². The maximum atomic E-state index is 14.0. The van der Waals surface area contributed by atoms with E-state index in [4.69, 9.17) is 133 Å². The van der Waals surface area contributed by atoms with E-state index in [-0.39, 0.29) is 81.6 Å². The fourth-order valence-electron chi connectivity index (χ4n) is 12.3. The summed E-state index contributed by atoms with van der Waals surface area (Å²) in [5.74, 6) is 1.32. The number of ether oxygens (including phenoxy) is 12. The summed E-state index contributed by atoms with van der Waals surface area (Å²) in [6.07, 6.45) is 1.05. The van der Waals surface area contributed by atoms with Gasteiger partial charge in [-0.1, -0.05) is 225 Å². The molecule has 0 spiro atoms. The fraction of sp³-hybridized carbons (Fsp3) is 0.243. The largest absolute Gasteiger partial charge is 0.487 e. The predicted molar refractivity (Wildman–Crippen MR) is 526 cm³/mol. The molecule has 0 amide bonds. The third kappa shape index (κ3) is 35.8. The van der Waals surface area contributed by atoms with Crippen LogP contribution < -0.4 is 28.4 Å². The van der Waals surface area contributed by atoms with E-state index in [1.165, 1.54) is 48.7 Å². The zero-order chi connectivity index (χ0) is 95.8. The zero-order valence-electron chi connectivity index (χ0n) is 74.5. The minimum Gasteiger partial charge on any atom is -0.487 e. The summed E-state index contributed by atoms with van der Waals surface area (Å²) in [6, 6.07) is 68.5. The summed E-state index contributed by atoms with van der Waals surface area (Å²) >= 11 is 48.9. The lowest BCUT2D eigenvalue weighted by Gasteiger charge is -2.14. The Bertz CT molecular complexity index is 5210. The van der Waals surface area contributed by atoms with Gasteiger partial charge in [0.25, 0.3) is 0 Å². The Morgan fingerprint density at radius 2 is 0.519 bits per heavy atom. The van der Waals surface area contributed by atoms with Crippen molar-refractivity contribution in [1.82, 2.24) is 0 Å². The van der Waals surface area contributed by atoms with Crippen molar-refractivity contribution in [3.8, 4) is 34.5 Å². The van der Waals surface area contributed by atoms with Gasteiger partial charge in [0.05, 0.1) is 111 Å². The molecule has 0 bridgehead atoms. The van der Waals surface area contributed by atoms with E-state index in [1.807, 2.05) is 230 Å². The number of carbonyl (C=O) groups excluding carboxylic acids is 6. The molecule has 0 saturated heterocycles. The second-order valence-corrected chi connectivity index (χ2v) is 34.2. The average molecular weight is 2100 g/mol. The first-order valence-electron chi connectivity index (χ1n) is 40.6. The lowest BCUT2D eigenvalue weighted by molar-refractivity contribution is -0.140. The van der Waals surface area contributed by atoms with Gasteiger partial charge in [-0.3, -0.25) is 28.8 Å². The number of methoxy groups -OCH3 is 6. The normalized spacial score (nSPS) is 10.3. The number of aryl methyl sites for hydroxylation is 7. The molecule has 0 aromatic heterocycles. The minimum atomic E-state index is -0.430. The van der Waals surface area contributed by atoms with Crippen LogP contribution in [-0.2, 0) is 135 Å². The van der Waals surface area contributed by atoms with Crippen LogP contribution in [0.15, 0.2) is 229 Å². The summed E-state index contributed by atoms with van der Waals surface area (Å²) < 4.78 is 78.7. The van der Waals surface area contributed by atoms with Gasteiger partial charge in [-0.05, 0) is 252 Å². The van der Waals surface area contributed by atoms with Crippen LogP contribution in [-0.4, -0.2) is 78.5 Å². The van der Waals surface area contributed by atoms with Crippen LogP contribution >= 0.6 is 120 Å². The van der Waals surface area contributed by atoms with Gasteiger partial charge in [-0.15, -0.1) is 0 Å². The van der Waals surface area contributed by atoms with Gasteiger partial charge in [0.2, 0.25) is 0 Å². The highest BCUT2D eigenvalue weighted by atomic mass is 127. The molecule has 28 heteroatoms. The first kappa shape index (κ1) is 107. The molecule has 0 fully saturated rings. The number of hydrogen-bond donors (Lipinski definition) is 0. The van der Waals surface area contributed by atoms with E-state index < -0.39 is 11.8 Å². The molecule has 18 nitrogen and oxygen atoms in total. The standard InChI is InChI=1S/C18H19ClO3.C17H16BrClO3.C17H16Cl2O3.C17H16ClFO3.C17H16ClIO3.C17H17ClO3/c1-12-7-8-17(16(19)9-12)22-11-15-13(2)5-4-6-14(15)10-18(20)21-3;2*1-11-6-7-16(15(19)8-11)22-10-13-12(9-17(20)21-2)4-3-5-14(13)18;2*1-11-6-7-16(14(18)8-11)22-10-13-12(9-17(20)21-2)4-3-5-15(13)19;1-12-7-8-16(15(18)9-12)21-11-14-6-4-3-5-13(14)10-17(19)20-2/h4-9H,10-11H2,1-3H3;4*3-8H,9-10H2,1-2H3;3-9H,10-11H2,1-2H3. The summed E-state index contributed by atoms with van der Waals surface area (Å²) in [6.45, 7) is 15.4. The van der Waals surface area contributed by atoms with Crippen LogP contribution in [0.1, 0.15) is 106 Å². The Hall–Kier alpha value is -10.6. The van der Waals surface area contributed by atoms with Gasteiger partial charge in [0, 0.05) is 35.3 Å². The van der Waals surface area contributed by atoms with Crippen molar-refractivity contribution in [2.24, 2.45) is 0 Å². The molecule has 0 saturated carbocycles. The maximum absolute atomic E-state index is 14.0. The number of carbonyl (C=O) groups is 6. The zero-order valence-corrected chi connectivity index (χ0v) is 83.5. The molecule has 0 radical (unpaired) electrons. The van der Waals surface area contributed by atoms with Crippen LogP contribution in [0.3, 0.4) is 0 Å². The fourth-order valence-corrected chi connectivity index (χ4v) is 15.6. The molecule has 0 heterocycles. The van der Waals surface area contributed by atoms with Gasteiger partial charge >= 0.3 is 35.8 Å². The highest BCUT2D eigenvalue weighted by molar-refractivity contribution is 14.1. The molecule has 0 aliphatic carbocycles. The van der Waals surface area contributed by atoms with Gasteiger partial charge in [-0.25, -0.2) is 4.39 Å². The number of rotatable bonds is 30. The lowest BCUT2D eigenvalue weighted by Crippen LogP contribution is -2.10. The maximum Gasteiger partial charge on any atom is 0.309 e. The molecule has 0 N–H and O–H groups in total. The Kier molecular flexibility index (Phi) is 45.7. The Balaban J connectivity index is 0.000000215. The van der Waals surface area contributed by atoms with Crippen molar-refractivity contribution in [1.29, 1.82) is 0 Å². The van der Waals surface area contributed by atoms with Gasteiger partial charge < -0.3 is 56.8 Å². The highest BCUT2D eigenvalue weighted by Gasteiger charge is 2.21. The highest BCUT2D eigenvalue weighted by Crippen LogP contribution is 2.35. The first-order valence-corrected chi connectivity index (χ1v) is 45.1. The Morgan fingerprint density at radius 3 is 0.878 bits per heavy atom. The summed E-state index contributed by atoms with van der Waals surface area (Å²) in [5, 5.41) is 3.88. The Labute approximate surface area is 821 Å². The molecular formula is C103H100BrCl7FIO18. The van der Waals surface area contributed by atoms with E-state index in [9.17, 15) is 33.2 Å². The summed E-state index contributed by atoms with van der Waals surface area (Å²) in [5.41, 5.74) is 17.3. The molecule has 12 aromatic carbocycles. The van der Waals surface area contributed by atoms with Crippen molar-refractivity contribution in [2.45, 2.75) is 127 Å². The first-order chi connectivity index (χ1) is 62.6. The van der Waals surface area contributed by atoms with E-state index in [0.29, 0.717) is 107 Å². The third-order valence-electron chi connectivity index (χ3n) is 19.6. The van der Waals surface area contributed by atoms with Crippen molar-refractivity contribution >= 4 is 156 Å². The molecule has 0 unspecified atom stereocenters. The number of esters is 6. The number of benzene rings is 12. The van der Waals surface area contributed by atoms with Crippen LogP contribution in [0, 0.1) is 57.9 Å². The molecule has 690 valence electrons. The van der Waals surface area contributed by atoms with Gasteiger partial charge in [-0.2, -0.15) is 0 Å². The quantitative estimate of drug-likeness (QED) is 0.0232. The summed E-state index contributed by atoms with van der Waals surface area (Å²) in [4.78, 5) is 68.9. The topological polar surface area (TPSA) is 213 Å².